The van der Waals surface area contributed by atoms with Gasteiger partial charge in [-0.15, -0.1) is 0 Å². The summed E-state index contributed by atoms with van der Waals surface area (Å²) in [5, 5.41) is 0. The third kappa shape index (κ3) is 1.72. The molecule has 1 atom stereocenters. The van der Waals surface area contributed by atoms with Crippen molar-refractivity contribution >= 4 is 5.91 Å². The quantitative estimate of drug-likeness (QED) is 0.497. The molecule has 10 heavy (non-hydrogen) atoms. The molecule has 1 fully saturated rings. The molecule has 0 radical (unpaired) electrons. The second-order valence-electron chi connectivity index (χ2n) is 3.21. The zero-order valence-electron chi connectivity index (χ0n) is 6.76. The van der Waals surface area contributed by atoms with Gasteiger partial charge in [0.1, 0.15) is 0 Å². The number of carbonyl (C=O) groups excluding carboxylic acids is 1. The van der Waals surface area contributed by atoms with Crippen LogP contribution in [0.25, 0.3) is 0 Å². The second-order valence-corrected chi connectivity index (χ2v) is 3.21. The summed E-state index contributed by atoms with van der Waals surface area (Å²) in [7, 11) is 0. The van der Waals surface area contributed by atoms with Gasteiger partial charge in [-0.25, -0.2) is 0 Å². The molecule has 1 rings (SSSR count). The van der Waals surface area contributed by atoms with E-state index in [0.717, 1.165) is 13.1 Å². The molecule has 2 nitrogen and oxygen atoms in total. The van der Waals surface area contributed by atoms with Crippen LogP contribution >= 0.6 is 0 Å². The van der Waals surface area contributed by atoms with Crippen LogP contribution in [-0.2, 0) is 4.79 Å². The first-order valence-corrected chi connectivity index (χ1v) is 3.95. The van der Waals surface area contributed by atoms with Gasteiger partial charge in [0.05, 0.1) is 0 Å². The average Bonchev–Trinajstić information content (AvgIpc) is 1.88. The van der Waals surface area contributed by atoms with E-state index in [1.165, 1.54) is 12.8 Å². The van der Waals surface area contributed by atoms with E-state index in [4.69, 9.17) is 0 Å². The maximum absolute atomic E-state index is 10.9. The largest absolute Gasteiger partial charge is 0.343 e. The summed E-state index contributed by atoms with van der Waals surface area (Å²) in [5.41, 5.74) is 0. The average molecular weight is 141 g/mol. The van der Waals surface area contributed by atoms with Crippen molar-refractivity contribution in [3.8, 4) is 0 Å². The summed E-state index contributed by atoms with van der Waals surface area (Å²) in [4.78, 5) is 12.8. The smallest absolute Gasteiger partial charge is 0.219 e. The Morgan fingerprint density at radius 1 is 1.60 bits per heavy atom. The molecule has 1 aliphatic rings. The topological polar surface area (TPSA) is 20.3 Å². The van der Waals surface area contributed by atoms with Crippen LogP contribution in [-0.4, -0.2) is 23.9 Å². The highest BCUT2D eigenvalue weighted by Gasteiger charge is 2.17. The lowest BCUT2D eigenvalue weighted by Gasteiger charge is -2.29. The SMILES string of the molecule is CC(=O)N1CCC[C@@H](C)C1. The van der Waals surface area contributed by atoms with Crippen molar-refractivity contribution < 1.29 is 4.79 Å². The number of amides is 1. The molecule has 0 N–H and O–H groups in total. The van der Waals surface area contributed by atoms with E-state index in [9.17, 15) is 4.79 Å². The van der Waals surface area contributed by atoms with E-state index < -0.39 is 0 Å². The monoisotopic (exact) mass is 141 g/mol. The molecular formula is C8H15NO. The first-order valence-electron chi connectivity index (χ1n) is 3.95. The molecule has 0 aliphatic carbocycles. The second kappa shape index (κ2) is 3.04. The molecule has 0 aromatic rings. The summed E-state index contributed by atoms with van der Waals surface area (Å²) in [6.07, 6.45) is 2.46. The van der Waals surface area contributed by atoms with E-state index in [-0.39, 0.29) is 5.91 Å². The third-order valence-electron chi connectivity index (χ3n) is 2.10. The number of likely N-dealkylation sites (tertiary alicyclic amines) is 1. The minimum atomic E-state index is 0.228. The lowest BCUT2D eigenvalue weighted by Crippen LogP contribution is -2.37. The van der Waals surface area contributed by atoms with Crippen molar-refractivity contribution in [1.82, 2.24) is 4.90 Å². The molecule has 1 aliphatic heterocycles. The third-order valence-corrected chi connectivity index (χ3v) is 2.10. The Bertz CT molecular complexity index is 133. The van der Waals surface area contributed by atoms with Crippen molar-refractivity contribution in [1.29, 1.82) is 0 Å². The van der Waals surface area contributed by atoms with Crippen LogP contribution < -0.4 is 0 Å². The van der Waals surface area contributed by atoms with Gasteiger partial charge in [0.25, 0.3) is 0 Å². The van der Waals surface area contributed by atoms with Gasteiger partial charge in [0.2, 0.25) is 5.91 Å². The molecule has 0 unspecified atom stereocenters. The van der Waals surface area contributed by atoms with Gasteiger partial charge >= 0.3 is 0 Å². The molecule has 0 bridgehead atoms. The van der Waals surface area contributed by atoms with Gasteiger partial charge in [0.15, 0.2) is 0 Å². The van der Waals surface area contributed by atoms with Crippen LogP contribution in [0.15, 0.2) is 0 Å². The maximum atomic E-state index is 10.9. The number of carbonyl (C=O) groups is 1. The van der Waals surface area contributed by atoms with E-state index in [1.807, 2.05) is 4.90 Å². The minimum absolute atomic E-state index is 0.228. The molecule has 0 aromatic carbocycles. The summed E-state index contributed by atoms with van der Waals surface area (Å²) >= 11 is 0. The first kappa shape index (κ1) is 7.58. The molecule has 1 saturated heterocycles. The first-order chi connectivity index (χ1) is 4.70. The maximum Gasteiger partial charge on any atom is 0.219 e. The lowest BCUT2D eigenvalue weighted by atomic mass is 10.0. The molecule has 0 spiro atoms. The van der Waals surface area contributed by atoms with E-state index >= 15 is 0 Å². The highest BCUT2D eigenvalue weighted by Crippen LogP contribution is 2.14. The summed E-state index contributed by atoms with van der Waals surface area (Å²) < 4.78 is 0. The molecule has 1 heterocycles. The van der Waals surface area contributed by atoms with Crippen LogP contribution in [0.3, 0.4) is 0 Å². The summed E-state index contributed by atoms with van der Waals surface area (Å²) in [6.45, 7) is 5.79. The molecule has 58 valence electrons. The highest BCUT2D eigenvalue weighted by molar-refractivity contribution is 5.73. The number of nitrogens with zero attached hydrogens (tertiary/aromatic N) is 1. The van der Waals surface area contributed by atoms with Gasteiger partial charge in [-0.1, -0.05) is 6.92 Å². The number of rotatable bonds is 0. The van der Waals surface area contributed by atoms with E-state index in [1.54, 1.807) is 6.92 Å². The Morgan fingerprint density at radius 2 is 2.30 bits per heavy atom. The van der Waals surface area contributed by atoms with Crippen molar-refractivity contribution in [2.24, 2.45) is 5.92 Å². The van der Waals surface area contributed by atoms with Crippen LogP contribution in [0, 0.1) is 5.92 Å². The number of hydrogen-bond donors (Lipinski definition) is 0. The minimum Gasteiger partial charge on any atom is -0.343 e. The molecule has 2 heteroatoms. The number of hydrogen-bond acceptors (Lipinski definition) is 1. The Kier molecular flexibility index (Phi) is 2.30. The standard InChI is InChI=1S/C8H15NO/c1-7-4-3-5-9(6-7)8(2)10/h7H,3-6H2,1-2H3/t7-/m1/s1. The van der Waals surface area contributed by atoms with E-state index in [2.05, 4.69) is 6.92 Å². The van der Waals surface area contributed by atoms with Crippen LogP contribution in [0.4, 0.5) is 0 Å². The fraction of sp³-hybridized carbons (Fsp3) is 0.875. The predicted molar refractivity (Wildman–Crippen MR) is 40.7 cm³/mol. The van der Waals surface area contributed by atoms with Crippen molar-refractivity contribution in [3.05, 3.63) is 0 Å². The normalized spacial score (nSPS) is 26.6. The highest BCUT2D eigenvalue weighted by atomic mass is 16.2. The summed E-state index contributed by atoms with van der Waals surface area (Å²) in [6, 6.07) is 0. The zero-order valence-corrected chi connectivity index (χ0v) is 6.76. The molecular weight excluding hydrogens is 126 g/mol. The van der Waals surface area contributed by atoms with Crippen LogP contribution in [0.5, 0.6) is 0 Å². The molecule has 0 saturated carbocycles. The van der Waals surface area contributed by atoms with Gasteiger partial charge in [0, 0.05) is 20.0 Å². The number of piperidine rings is 1. The van der Waals surface area contributed by atoms with Gasteiger partial charge in [-0.3, -0.25) is 4.79 Å². The van der Waals surface area contributed by atoms with Crippen molar-refractivity contribution in [2.75, 3.05) is 13.1 Å². The lowest BCUT2D eigenvalue weighted by molar-refractivity contribution is -0.130. The molecule has 0 aromatic heterocycles. The van der Waals surface area contributed by atoms with Crippen molar-refractivity contribution in [3.63, 3.8) is 0 Å². The Morgan fingerprint density at radius 3 is 2.70 bits per heavy atom. The summed E-state index contributed by atoms with van der Waals surface area (Å²) in [5.74, 6) is 0.934. The van der Waals surface area contributed by atoms with Crippen LogP contribution in [0.1, 0.15) is 26.7 Å². The molecule has 1 amide bonds. The van der Waals surface area contributed by atoms with Gasteiger partial charge in [-0.2, -0.15) is 0 Å². The van der Waals surface area contributed by atoms with Gasteiger partial charge < -0.3 is 4.90 Å². The Balaban J connectivity index is 2.39. The fourth-order valence-electron chi connectivity index (χ4n) is 1.48. The van der Waals surface area contributed by atoms with E-state index in [0.29, 0.717) is 5.92 Å². The van der Waals surface area contributed by atoms with Crippen molar-refractivity contribution in [2.45, 2.75) is 26.7 Å². The fourth-order valence-corrected chi connectivity index (χ4v) is 1.48. The Hall–Kier alpha value is -0.530. The Labute approximate surface area is 62.2 Å². The van der Waals surface area contributed by atoms with Gasteiger partial charge in [-0.05, 0) is 18.8 Å². The predicted octanol–water partition coefficient (Wildman–Crippen LogP) is 1.26. The zero-order chi connectivity index (χ0) is 7.56. The van der Waals surface area contributed by atoms with Crippen LogP contribution in [0.2, 0.25) is 0 Å².